The quantitative estimate of drug-likeness (QED) is 0.730. The number of hydrogen-bond acceptors (Lipinski definition) is 4. The van der Waals surface area contributed by atoms with Crippen molar-refractivity contribution in [2.24, 2.45) is 7.05 Å². The maximum absolute atomic E-state index is 4.12. The molecule has 0 spiro atoms. The van der Waals surface area contributed by atoms with Crippen LogP contribution in [0.1, 0.15) is 24.5 Å². The van der Waals surface area contributed by atoms with Gasteiger partial charge in [0.2, 0.25) is 0 Å². The topological polar surface area (TPSA) is 46.0 Å². The molecule has 5 nitrogen and oxygen atoms in total. The molecule has 5 heteroatoms. The zero-order valence-corrected chi connectivity index (χ0v) is 10.2. The van der Waals surface area contributed by atoms with Crippen LogP contribution in [-0.4, -0.2) is 45.8 Å². The third-order valence-corrected chi connectivity index (χ3v) is 3.27. The first kappa shape index (κ1) is 11.5. The molecule has 2 heterocycles. The van der Waals surface area contributed by atoms with E-state index in [0.717, 1.165) is 31.3 Å². The van der Waals surface area contributed by atoms with Crippen LogP contribution in [-0.2, 0) is 13.6 Å². The molecule has 1 aromatic rings. The number of hydrogen-bond donors (Lipinski definition) is 1. The summed E-state index contributed by atoms with van der Waals surface area (Å²) in [5.74, 6) is 1.98. The normalized spacial score (nSPS) is 17.1. The van der Waals surface area contributed by atoms with E-state index in [-0.39, 0.29) is 0 Å². The zero-order chi connectivity index (χ0) is 11.4. The fraction of sp³-hybridized carbons (Fsp3) is 0.818. The molecule has 0 radical (unpaired) electrons. The number of rotatable bonds is 5. The molecule has 0 amide bonds. The van der Waals surface area contributed by atoms with Crippen molar-refractivity contribution in [3.05, 3.63) is 11.6 Å². The Hall–Kier alpha value is -0.940. The summed E-state index contributed by atoms with van der Waals surface area (Å²) < 4.78 is 2.03. The summed E-state index contributed by atoms with van der Waals surface area (Å²) >= 11 is 0. The van der Waals surface area contributed by atoms with Gasteiger partial charge in [0.1, 0.15) is 11.6 Å². The lowest BCUT2D eigenvalue weighted by molar-refractivity contribution is 0.335. The highest BCUT2D eigenvalue weighted by Crippen LogP contribution is 2.05. The molecule has 0 bridgehead atoms. The third-order valence-electron chi connectivity index (χ3n) is 3.27. The summed E-state index contributed by atoms with van der Waals surface area (Å²) in [5, 5.41) is 11.6. The molecule has 16 heavy (non-hydrogen) atoms. The minimum absolute atomic E-state index is 0.811. The van der Waals surface area contributed by atoms with Crippen molar-refractivity contribution >= 4 is 0 Å². The Kier molecular flexibility index (Phi) is 3.90. The third kappa shape index (κ3) is 2.80. The van der Waals surface area contributed by atoms with Crippen molar-refractivity contribution in [1.29, 1.82) is 0 Å². The van der Waals surface area contributed by atoms with E-state index in [1.165, 1.54) is 25.9 Å². The van der Waals surface area contributed by atoms with Gasteiger partial charge in [-0.25, -0.2) is 0 Å². The molecular formula is C11H21N5. The lowest BCUT2D eigenvalue weighted by atomic mass is 10.4. The van der Waals surface area contributed by atoms with Crippen LogP contribution >= 0.6 is 0 Å². The monoisotopic (exact) mass is 223 g/mol. The number of aryl methyl sites for hydroxylation is 1. The van der Waals surface area contributed by atoms with E-state index < -0.39 is 0 Å². The van der Waals surface area contributed by atoms with E-state index in [0.29, 0.717) is 0 Å². The van der Waals surface area contributed by atoms with Crippen molar-refractivity contribution in [2.75, 3.05) is 26.2 Å². The maximum atomic E-state index is 4.12. The standard InChI is InChI=1S/C11H21N5/c1-10-13-14-11(15(10)2)9-12-5-8-16-6-3-4-7-16/h12H,3-9H2,1-2H3. The number of aromatic nitrogens is 3. The number of nitrogens with one attached hydrogen (secondary N) is 1. The first-order valence-electron chi connectivity index (χ1n) is 6.05. The van der Waals surface area contributed by atoms with E-state index in [1.54, 1.807) is 0 Å². The van der Waals surface area contributed by atoms with E-state index in [9.17, 15) is 0 Å². The molecule has 1 saturated heterocycles. The predicted octanol–water partition coefficient (Wildman–Crippen LogP) is 0.309. The molecule has 0 atom stereocenters. The fourth-order valence-electron chi connectivity index (χ4n) is 2.05. The highest BCUT2D eigenvalue weighted by molar-refractivity contribution is 4.91. The van der Waals surface area contributed by atoms with E-state index >= 15 is 0 Å². The molecule has 1 fully saturated rings. The van der Waals surface area contributed by atoms with Gasteiger partial charge in [-0.1, -0.05) is 0 Å². The summed E-state index contributed by atoms with van der Waals surface area (Å²) in [6, 6.07) is 0. The van der Waals surface area contributed by atoms with E-state index in [4.69, 9.17) is 0 Å². The van der Waals surface area contributed by atoms with Crippen LogP contribution in [0, 0.1) is 6.92 Å². The van der Waals surface area contributed by atoms with Crippen molar-refractivity contribution in [3.8, 4) is 0 Å². The zero-order valence-electron chi connectivity index (χ0n) is 10.2. The van der Waals surface area contributed by atoms with Gasteiger partial charge in [0.25, 0.3) is 0 Å². The van der Waals surface area contributed by atoms with Crippen molar-refractivity contribution in [1.82, 2.24) is 25.0 Å². The Morgan fingerprint density at radius 3 is 2.62 bits per heavy atom. The van der Waals surface area contributed by atoms with Gasteiger partial charge >= 0.3 is 0 Å². The molecule has 1 aliphatic rings. The van der Waals surface area contributed by atoms with E-state index in [2.05, 4.69) is 20.4 Å². The molecule has 0 unspecified atom stereocenters. The van der Waals surface area contributed by atoms with Crippen LogP contribution in [0.3, 0.4) is 0 Å². The molecule has 0 aliphatic carbocycles. The lowest BCUT2D eigenvalue weighted by Gasteiger charge is -2.14. The van der Waals surface area contributed by atoms with Crippen LogP contribution in [0.4, 0.5) is 0 Å². The smallest absolute Gasteiger partial charge is 0.146 e. The van der Waals surface area contributed by atoms with Gasteiger partial charge in [0, 0.05) is 20.1 Å². The van der Waals surface area contributed by atoms with Crippen LogP contribution < -0.4 is 5.32 Å². The summed E-state index contributed by atoms with van der Waals surface area (Å²) in [6.07, 6.45) is 2.73. The van der Waals surface area contributed by atoms with Gasteiger partial charge in [-0.05, 0) is 32.9 Å². The first-order valence-corrected chi connectivity index (χ1v) is 6.05. The minimum Gasteiger partial charge on any atom is -0.317 e. The Labute approximate surface area is 96.8 Å². The van der Waals surface area contributed by atoms with Crippen LogP contribution in [0.25, 0.3) is 0 Å². The molecular weight excluding hydrogens is 202 g/mol. The van der Waals surface area contributed by atoms with Gasteiger partial charge < -0.3 is 14.8 Å². The molecule has 1 aliphatic heterocycles. The summed E-state index contributed by atoms with van der Waals surface area (Å²) in [7, 11) is 2.01. The van der Waals surface area contributed by atoms with Gasteiger partial charge in [0.05, 0.1) is 6.54 Å². The number of nitrogens with zero attached hydrogens (tertiary/aromatic N) is 4. The number of likely N-dealkylation sites (tertiary alicyclic amines) is 1. The summed E-state index contributed by atoms with van der Waals surface area (Å²) in [4.78, 5) is 2.51. The van der Waals surface area contributed by atoms with Gasteiger partial charge in [-0.15, -0.1) is 10.2 Å². The molecule has 90 valence electrons. The van der Waals surface area contributed by atoms with Gasteiger partial charge in [-0.3, -0.25) is 0 Å². The Morgan fingerprint density at radius 1 is 1.25 bits per heavy atom. The summed E-state index contributed by atoms with van der Waals surface area (Å²) in [5.41, 5.74) is 0. The Bertz CT molecular complexity index is 327. The average Bonchev–Trinajstić information content (AvgIpc) is 2.88. The van der Waals surface area contributed by atoms with Crippen molar-refractivity contribution in [2.45, 2.75) is 26.3 Å². The minimum atomic E-state index is 0.811. The first-order chi connectivity index (χ1) is 7.77. The van der Waals surface area contributed by atoms with Gasteiger partial charge in [-0.2, -0.15) is 0 Å². The average molecular weight is 223 g/mol. The fourth-order valence-corrected chi connectivity index (χ4v) is 2.05. The van der Waals surface area contributed by atoms with Crippen LogP contribution in [0.15, 0.2) is 0 Å². The molecule has 0 aromatic carbocycles. The SMILES string of the molecule is Cc1nnc(CNCCN2CCCC2)n1C. The second-order valence-corrected chi connectivity index (χ2v) is 4.45. The largest absolute Gasteiger partial charge is 0.317 e. The molecule has 1 aromatic heterocycles. The molecule has 1 N–H and O–H groups in total. The molecule has 0 saturated carbocycles. The van der Waals surface area contributed by atoms with Crippen LogP contribution in [0.2, 0.25) is 0 Å². The molecule has 2 rings (SSSR count). The highest BCUT2D eigenvalue weighted by atomic mass is 15.3. The van der Waals surface area contributed by atoms with Crippen molar-refractivity contribution in [3.63, 3.8) is 0 Å². The highest BCUT2D eigenvalue weighted by Gasteiger charge is 2.10. The Morgan fingerprint density at radius 2 is 2.00 bits per heavy atom. The second-order valence-electron chi connectivity index (χ2n) is 4.45. The summed E-state index contributed by atoms with van der Waals surface area (Å²) in [6.45, 7) is 7.50. The Balaban J connectivity index is 1.66. The van der Waals surface area contributed by atoms with Crippen LogP contribution in [0.5, 0.6) is 0 Å². The van der Waals surface area contributed by atoms with Gasteiger partial charge in [0.15, 0.2) is 0 Å². The van der Waals surface area contributed by atoms with E-state index in [1.807, 2.05) is 18.5 Å². The second kappa shape index (κ2) is 5.41. The maximum Gasteiger partial charge on any atom is 0.146 e. The predicted molar refractivity (Wildman–Crippen MR) is 63.1 cm³/mol. The van der Waals surface area contributed by atoms with Crippen molar-refractivity contribution < 1.29 is 0 Å². The lowest BCUT2D eigenvalue weighted by Crippen LogP contribution is -2.30.